The fourth-order valence-corrected chi connectivity index (χ4v) is 3.69. The van der Waals surface area contributed by atoms with Crippen molar-refractivity contribution in [2.45, 2.75) is 13.1 Å². The molecule has 14 heteroatoms. The molecule has 37 heavy (non-hydrogen) atoms. The van der Waals surface area contributed by atoms with Gasteiger partial charge in [0.15, 0.2) is 5.65 Å². The number of fused-ring (bicyclic) bond motifs is 1. The summed E-state index contributed by atoms with van der Waals surface area (Å²) < 4.78 is 44.9. The van der Waals surface area contributed by atoms with Crippen LogP contribution in [0.4, 0.5) is 35.2 Å². The highest BCUT2D eigenvalue weighted by Crippen LogP contribution is 2.33. The maximum atomic E-state index is 13.0. The molecule has 2 N–H and O–H groups in total. The third-order valence-electron chi connectivity index (χ3n) is 5.34. The molecule has 1 aliphatic heterocycles. The molecule has 0 spiro atoms. The Kier molecular flexibility index (Phi) is 5.70. The van der Waals surface area contributed by atoms with Crippen LogP contribution in [0.25, 0.3) is 11.0 Å². The van der Waals surface area contributed by atoms with Gasteiger partial charge in [-0.25, -0.2) is 14.7 Å². The number of hydrogen-bond donors (Lipinski definition) is 2. The molecule has 11 nitrogen and oxygen atoms in total. The van der Waals surface area contributed by atoms with Crippen LogP contribution in [-0.2, 0) is 15.8 Å². The maximum absolute atomic E-state index is 13.0. The van der Waals surface area contributed by atoms with Gasteiger partial charge in [-0.2, -0.15) is 18.3 Å². The van der Waals surface area contributed by atoms with Gasteiger partial charge in [-0.05, 0) is 36.4 Å². The molecule has 1 saturated heterocycles. The van der Waals surface area contributed by atoms with Crippen molar-refractivity contribution in [2.75, 3.05) is 21.7 Å². The minimum atomic E-state index is -4.64. The Balaban J connectivity index is 1.34. The number of imide groups is 1. The van der Waals surface area contributed by atoms with Crippen molar-refractivity contribution in [1.29, 1.82) is 0 Å². The molecule has 1 aliphatic rings. The van der Waals surface area contributed by atoms with Gasteiger partial charge in [-0.1, -0.05) is 0 Å². The minimum Gasteiger partial charge on any atom is -0.456 e. The number of hydrogen-bond acceptors (Lipinski definition) is 7. The van der Waals surface area contributed by atoms with Gasteiger partial charge in [0.05, 0.1) is 34.7 Å². The van der Waals surface area contributed by atoms with Crippen molar-refractivity contribution in [2.24, 2.45) is 0 Å². The number of anilines is 3. The second-order valence-corrected chi connectivity index (χ2v) is 7.95. The maximum Gasteiger partial charge on any atom is 0.417 e. The number of rotatable bonds is 5. The third-order valence-corrected chi connectivity index (χ3v) is 5.34. The summed E-state index contributed by atoms with van der Waals surface area (Å²) in [4.78, 5) is 46.3. The molecule has 188 valence electrons. The summed E-state index contributed by atoms with van der Waals surface area (Å²) in [5, 5.41) is 9.81. The number of aromatic amines is 1. The monoisotopic (exact) mass is 511 g/mol. The standard InChI is InChI=1S/C23H16F3N7O4/c1-12(34)29-21-18-7-17(10-28-20(18)30-31-21)37-16-4-2-14(3-5-16)33-19(35)11-32(22(33)36)15-6-13(8-27-9-15)23(24,25)26/h2-10H,11H2,1H3,(H2,28,29,30,31,34). The van der Waals surface area contributed by atoms with E-state index in [1.54, 1.807) is 6.07 Å². The molecule has 0 saturated carbocycles. The van der Waals surface area contributed by atoms with Gasteiger partial charge in [0, 0.05) is 13.1 Å². The van der Waals surface area contributed by atoms with E-state index in [1.165, 1.54) is 37.4 Å². The minimum absolute atomic E-state index is 0.142. The average molecular weight is 511 g/mol. The first-order chi connectivity index (χ1) is 17.6. The zero-order chi connectivity index (χ0) is 26.3. The molecule has 4 heterocycles. The largest absolute Gasteiger partial charge is 0.456 e. The van der Waals surface area contributed by atoms with Crippen LogP contribution < -0.4 is 19.9 Å². The molecular weight excluding hydrogens is 495 g/mol. The number of urea groups is 1. The second-order valence-electron chi connectivity index (χ2n) is 7.95. The number of H-pyrrole nitrogens is 1. The zero-order valence-electron chi connectivity index (χ0n) is 18.9. The topological polar surface area (TPSA) is 133 Å². The number of pyridine rings is 2. The van der Waals surface area contributed by atoms with Crippen LogP contribution in [0.5, 0.6) is 11.5 Å². The SMILES string of the molecule is CC(=O)Nc1[nH]nc2ncc(Oc3ccc(N4C(=O)CN(c5cncc(C(F)(F)F)c5)C4=O)cc3)cc12. The molecule has 0 aliphatic carbocycles. The summed E-state index contributed by atoms with van der Waals surface area (Å²) in [6, 6.07) is 7.54. The highest BCUT2D eigenvalue weighted by atomic mass is 19.4. The van der Waals surface area contributed by atoms with Crippen LogP contribution in [0.15, 0.2) is 55.0 Å². The van der Waals surface area contributed by atoms with Crippen LogP contribution in [0.3, 0.4) is 0 Å². The molecule has 0 unspecified atom stereocenters. The van der Waals surface area contributed by atoms with Gasteiger partial charge >= 0.3 is 12.2 Å². The van der Waals surface area contributed by atoms with Crippen LogP contribution in [-0.4, -0.2) is 44.6 Å². The second kappa shape index (κ2) is 8.89. The smallest absolute Gasteiger partial charge is 0.417 e. The average Bonchev–Trinajstić information content (AvgIpc) is 3.38. The number of benzene rings is 1. The van der Waals surface area contributed by atoms with Crippen LogP contribution >= 0.6 is 0 Å². The number of carbonyl (C=O) groups excluding carboxylic acids is 3. The number of ether oxygens (including phenoxy) is 1. The fourth-order valence-electron chi connectivity index (χ4n) is 3.69. The lowest BCUT2D eigenvalue weighted by Gasteiger charge is -2.18. The normalized spacial score (nSPS) is 13.9. The molecule has 1 fully saturated rings. The van der Waals surface area contributed by atoms with Gasteiger partial charge in [0.1, 0.15) is 23.9 Å². The Hall–Kier alpha value is -5.01. The van der Waals surface area contributed by atoms with Crippen LogP contribution in [0, 0.1) is 0 Å². The molecule has 0 radical (unpaired) electrons. The molecule has 4 amide bonds. The van der Waals surface area contributed by atoms with E-state index in [1.807, 2.05) is 0 Å². The molecule has 3 aromatic heterocycles. The molecular formula is C23H16F3N7O4. The Bertz CT molecular complexity index is 1540. The van der Waals surface area contributed by atoms with Gasteiger partial charge < -0.3 is 10.1 Å². The lowest BCUT2D eigenvalue weighted by Crippen LogP contribution is -2.33. The summed E-state index contributed by atoms with van der Waals surface area (Å²) in [7, 11) is 0. The van der Waals surface area contributed by atoms with E-state index in [0.717, 1.165) is 22.1 Å². The number of carbonyl (C=O) groups is 3. The third kappa shape index (κ3) is 4.63. The fraction of sp³-hybridized carbons (Fsp3) is 0.130. The van der Waals surface area contributed by atoms with E-state index >= 15 is 0 Å². The Morgan fingerprint density at radius 3 is 2.51 bits per heavy atom. The summed E-state index contributed by atoms with van der Waals surface area (Å²) in [5.74, 6) is 0.150. The number of alkyl halides is 3. The van der Waals surface area contributed by atoms with Crippen molar-refractivity contribution < 1.29 is 32.3 Å². The number of amides is 4. The Morgan fingerprint density at radius 1 is 1.05 bits per heavy atom. The zero-order valence-corrected chi connectivity index (χ0v) is 18.9. The van der Waals surface area contributed by atoms with E-state index < -0.39 is 30.2 Å². The lowest BCUT2D eigenvalue weighted by molar-refractivity contribution is -0.137. The van der Waals surface area contributed by atoms with Crippen molar-refractivity contribution in [3.63, 3.8) is 0 Å². The number of nitrogens with zero attached hydrogens (tertiary/aromatic N) is 5. The molecule has 4 aromatic rings. The molecule has 0 atom stereocenters. The van der Waals surface area contributed by atoms with Crippen molar-refractivity contribution in [1.82, 2.24) is 20.2 Å². The highest BCUT2D eigenvalue weighted by molar-refractivity contribution is 6.26. The van der Waals surface area contributed by atoms with Crippen LogP contribution in [0.1, 0.15) is 12.5 Å². The van der Waals surface area contributed by atoms with Crippen molar-refractivity contribution in [3.8, 4) is 11.5 Å². The highest BCUT2D eigenvalue weighted by Gasteiger charge is 2.39. The predicted molar refractivity (Wildman–Crippen MR) is 124 cm³/mol. The predicted octanol–water partition coefficient (Wildman–Crippen LogP) is 4.10. The molecule has 0 bridgehead atoms. The Morgan fingerprint density at radius 2 is 1.81 bits per heavy atom. The van der Waals surface area contributed by atoms with Gasteiger partial charge in [0.25, 0.3) is 5.91 Å². The molecule has 5 rings (SSSR count). The number of halogens is 3. The van der Waals surface area contributed by atoms with Gasteiger partial charge in [-0.3, -0.25) is 24.6 Å². The van der Waals surface area contributed by atoms with E-state index in [-0.39, 0.29) is 17.3 Å². The van der Waals surface area contributed by atoms with Crippen molar-refractivity contribution in [3.05, 3.63) is 60.6 Å². The number of nitrogens with one attached hydrogen (secondary N) is 2. The first-order valence-electron chi connectivity index (χ1n) is 10.7. The van der Waals surface area contributed by atoms with E-state index in [4.69, 9.17) is 4.74 Å². The van der Waals surface area contributed by atoms with Crippen LogP contribution in [0.2, 0.25) is 0 Å². The van der Waals surface area contributed by atoms with E-state index in [9.17, 15) is 27.6 Å². The molecule has 1 aromatic carbocycles. The van der Waals surface area contributed by atoms with Gasteiger partial charge in [0.2, 0.25) is 5.91 Å². The van der Waals surface area contributed by atoms with E-state index in [2.05, 4.69) is 25.5 Å². The van der Waals surface area contributed by atoms with Gasteiger partial charge in [-0.15, -0.1) is 0 Å². The number of aromatic nitrogens is 4. The quantitative estimate of drug-likeness (QED) is 0.386. The summed E-state index contributed by atoms with van der Waals surface area (Å²) >= 11 is 0. The van der Waals surface area contributed by atoms with Crippen molar-refractivity contribution >= 4 is 46.1 Å². The lowest BCUT2D eigenvalue weighted by atomic mass is 10.2. The Labute approximate surface area is 205 Å². The van der Waals surface area contributed by atoms with E-state index in [0.29, 0.717) is 34.5 Å². The summed E-state index contributed by atoms with van der Waals surface area (Å²) in [5.41, 5.74) is -0.590. The first-order valence-corrected chi connectivity index (χ1v) is 10.7. The first kappa shape index (κ1) is 23.7. The summed E-state index contributed by atoms with van der Waals surface area (Å²) in [6.07, 6.45) is -1.48. The summed E-state index contributed by atoms with van der Waals surface area (Å²) in [6.45, 7) is 0.917.